The zero-order valence-corrected chi connectivity index (χ0v) is 11.3. The zero-order valence-electron chi connectivity index (χ0n) is 11.3. The van der Waals surface area contributed by atoms with Crippen LogP contribution in [-0.2, 0) is 11.8 Å². The Morgan fingerprint density at radius 1 is 1.29 bits per heavy atom. The largest absolute Gasteiger partial charge is 0.507 e. The first-order chi connectivity index (χ1) is 7.71. The molecular weight excluding hydrogens is 210 g/mol. The first kappa shape index (κ1) is 12.4. The van der Waals surface area contributed by atoms with Crippen molar-refractivity contribution in [2.75, 3.05) is 0 Å². The SMILES string of the molecule is Cc1cc(CC2(N)CC2)c(O)c(C(C)(C)C)c1. The third kappa shape index (κ3) is 2.63. The molecular formula is C15H23NO. The van der Waals surface area contributed by atoms with Gasteiger partial charge in [-0.1, -0.05) is 38.5 Å². The molecule has 0 amide bonds. The molecule has 0 unspecified atom stereocenters. The van der Waals surface area contributed by atoms with Gasteiger partial charge in [0.25, 0.3) is 0 Å². The fourth-order valence-corrected chi connectivity index (χ4v) is 2.28. The summed E-state index contributed by atoms with van der Waals surface area (Å²) in [7, 11) is 0. The highest BCUT2D eigenvalue weighted by Gasteiger charge is 2.39. The lowest BCUT2D eigenvalue weighted by atomic mass is 9.83. The van der Waals surface area contributed by atoms with E-state index in [9.17, 15) is 5.11 Å². The summed E-state index contributed by atoms with van der Waals surface area (Å²) in [5, 5.41) is 10.4. The van der Waals surface area contributed by atoms with Gasteiger partial charge in [0.1, 0.15) is 5.75 Å². The smallest absolute Gasteiger partial charge is 0.122 e. The molecule has 1 aromatic rings. The number of aryl methyl sites for hydroxylation is 1. The van der Waals surface area contributed by atoms with E-state index in [0.717, 1.165) is 30.4 Å². The van der Waals surface area contributed by atoms with Gasteiger partial charge < -0.3 is 10.8 Å². The number of phenols is 1. The second-order valence-corrected chi connectivity index (χ2v) is 6.61. The first-order valence-corrected chi connectivity index (χ1v) is 6.33. The van der Waals surface area contributed by atoms with Crippen molar-refractivity contribution in [2.45, 2.75) is 57.9 Å². The number of hydrogen-bond donors (Lipinski definition) is 2. The molecule has 1 aliphatic rings. The Bertz CT molecular complexity index is 439. The van der Waals surface area contributed by atoms with Crippen LogP contribution in [-0.4, -0.2) is 10.6 Å². The molecule has 2 rings (SSSR count). The van der Waals surface area contributed by atoms with Gasteiger partial charge in [-0.05, 0) is 42.7 Å². The van der Waals surface area contributed by atoms with Crippen LogP contribution in [0.1, 0.15) is 50.3 Å². The van der Waals surface area contributed by atoms with Crippen LogP contribution < -0.4 is 5.73 Å². The summed E-state index contributed by atoms with van der Waals surface area (Å²) in [6, 6.07) is 4.15. The zero-order chi connectivity index (χ0) is 12.8. The van der Waals surface area contributed by atoms with Gasteiger partial charge in [-0.3, -0.25) is 0 Å². The lowest BCUT2D eigenvalue weighted by molar-refractivity contribution is 0.436. The Balaban J connectivity index is 2.42. The Labute approximate surface area is 104 Å². The van der Waals surface area contributed by atoms with E-state index >= 15 is 0 Å². The Morgan fingerprint density at radius 3 is 2.35 bits per heavy atom. The molecule has 1 fully saturated rings. The number of hydrogen-bond acceptors (Lipinski definition) is 2. The molecule has 2 nitrogen and oxygen atoms in total. The van der Waals surface area contributed by atoms with Crippen molar-refractivity contribution in [3.8, 4) is 5.75 Å². The van der Waals surface area contributed by atoms with Gasteiger partial charge in [0, 0.05) is 5.54 Å². The van der Waals surface area contributed by atoms with Gasteiger partial charge in [0.15, 0.2) is 0 Å². The van der Waals surface area contributed by atoms with Gasteiger partial charge in [0.2, 0.25) is 0 Å². The standard InChI is InChI=1S/C15H23NO/c1-10-7-11(9-15(16)5-6-15)13(17)12(8-10)14(2,3)4/h7-8,17H,5-6,9,16H2,1-4H3. The number of phenolic OH excluding ortho intramolecular Hbond substituents is 1. The molecule has 0 saturated heterocycles. The lowest BCUT2D eigenvalue weighted by Gasteiger charge is -2.23. The van der Waals surface area contributed by atoms with Crippen molar-refractivity contribution in [1.29, 1.82) is 0 Å². The molecule has 0 aromatic heterocycles. The van der Waals surface area contributed by atoms with Crippen molar-refractivity contribution >= 4 is 0 Å². The first-order valence-electron chi connectivity index (χ1n) is 6.33. The van der Waals surface area contributed by atoms with Crippen LogP contribution in [0.4, 0.5) is 0 Å². The van der Waals surface area contributed by atoms with E-state index in [1.165, 1.54) is 5.56 Å². The molecule has 94 valence electrons. The van der Waals surface area contributed by atoms with Crippen molar-refractivity contribution in [1.82, 2.24) is 0 Å². The Hall–Kier alpha value is -1.02. The quantitative estimate of drug-likeness (QED) is 0.824. The molecule has 0 radical (unpaired) electrons. The summed E-state index contributed by atoms with van der Waals surface area (Å²) in [5.74, 6) is 0.444. The summed E-state index contributed by atoms with van der Waals surface area (Å²) >= 11 is 0. The predicted molar refractivity (Wildman–Crippen MR) is 71.4 cm³/mol. The van der Waals surface area contributed by atoms with E-state index in [1.54, 1.807) is 0 Å². The van der Waals surface area contributed by atoms with Gasteiger partial charge >= 0.3 is 0 Å². The molecule has 1 aromatic carbocycles. The van der Waals surface area contributed by atoms with Gasteiger partial charge in [-0.15, -0.1) is 0 Å². The number of nitrogens with two attached hydrogens (primary N) is 1. The molecule has 0 spiro atoms. The van der Waals surface area contributed by atoms with Crippen molar-refractivity contribution < 1.29 is 5.11 Å². The fourth-order valence-electron chi connectivity index (χ4n) is 2.28. The maximum absolute atomic E-state index is 10.4. The molecule has 3 N–H and O–H groups in total. The van der Waals surface area contributed by atoms with Crippen LogP contribution in [0.15, 0.2) is 12.1 Å². The molecule has 2 heteroatoms. The lowest BCUT2D eigenvalue weighted by Crippen LogP contribution is -2.25. The average molecular weight is 233 g/mol. The molecule has 17 heavy (non-hydrogen) atoms. The molecule has 0 aliphatic heterocycles. The van der Waals surface area contributed by atoms with Crippen LogP contribution in [0.3, 0.4) is 0 Å². The molecule has 0 atom stereocenters. The minimum atomic E-state index is -0.0551. The maximum atomic E-state index is 10.4. The normalized spacial score (nSPS) is 18.2. The molecule has 1 saturated carbocycles. The molecule has 0 heterocycles. The summed E-state index contributed by atoms with van der Waals surface area (Å²) in [6.07, 6.45) is 2.94. The van der Waals surface area contributed by atoms with Gasteiger partial charge in [0.05, 0.1) is 0 Å². The van der Waals surface area contributed by atoms with E-state index in [2.05, 4.69) is 39.8 Å². The minimum Gasteiger partial charge on any atom is -0.507 e. The highest BCUT2D eigenvalue weighted by molar-refractivity contribution is 5.47. The van der Waals surface area contributed by atoms with E-state index in [0.29, 0.717) is 5.75 Å². The molecule has 1 aliphatic carbocycles. The van der Waals surface area contributed by atoms with Crippen molar-refractivity contribution in [2.24, 2.45) is 5.73 Å². The van der Waals surface area contributed by atoms with E-state index in [-0.39, 0.29) is 11.0 Å². The summed E-state index contributed by atoms with van der Waals surface area (Å²) in [5.41, 5.74) is 9.29. The predicted octanol–water partition coefficient (Wildman–Crippen LogP) is 3.03. The third-order valence-corrected chi connectivity index (χ3v) is 3.58. The Kier molecular flexibility index (Phi) is 2.74. The van der Waals surface area contributed by atoms with E-state index < -0.39 is 0 Å². The molecule has 0 bridgehead atoms. The average Bonchev–Trinajstić information content (AvgIpc) is 2.87. The number of aromatic hydroxyl groups is 1. The highest BCUT2D eigenvalue weighted by Crippen LogP contribution is 2.41. The monoisotopic (exact) mass is 233 g/mol. The fraction of sp³-hybridized carbons (Fsp3) is 0.600. The van der Waals surface area contributed by atoms with Crippen LogP contribution in [0.5, 0.6) is 5.75 Å². The van der Waals surface area contributed by atoms with E-state index in [4.69, 9.17) is 5.73 Å². The highest BCUT2D eigenvalue weighted by atomic mass is 16.3. The summed E-state index contributed by atoms with van der Waals surface area (Å²) < 4.78 is 0. The third-order valence-electron chi connectivity index (χ3n) is 3.58. The topological polar surface area (TPSA) is 46.2 Å². The maximum Gasteiger partial charge on any atom is 0.122 e. The van der Waals surface area contributed by atoms with Crippen LogP contribution >= 0.6 is 0 Å². The second kappa shape index (κ2) is 3.74. The summed E-state index contributed by atoms with van der Waals surface area (Å²) in [4.78, 5) is 0. The van der Waals surface area contributed by atoms with Crippen LogP contribution in [0.2, 0.25) is 0 Å². The van der Waals surface area contributed by atoms with Crippen LogP contribution in [0.25, 0.3) is 0 Å². The second-order valence-electron chi connectivity index (χ2n) is 6.61. The Morgan fingerprint density at radius 2 is 1.88 bits per heavy atom. The van der Waals surface area contributed by atoms with Gasteiger partial charge in [-0.25, -0.2) is 0 Å². The van der Waals surface area contributed by atoms with Crippen LogP contribution in [0, 0.1) is 6.92 Å². The summed E-state index contributed by atoms with van der Waals surface area (Å²) in [6.45, 7) is 8.45. The van der Waals surface area contributed by atoms with Crippen molar-refractivity contribution in [3.63, 3.8) is 0 Å². The van der Waals surface area contributed by atoms with E-state index in [1.807, 2.05) is 0 Å². The minimum absolute atomic E-state index is 0.0316. The van der Waals surface area contributed by atoms with Crippen molar-refractivity contribution in [3.05, 3.63) is 28.8 Å². The number of rotatable bonds is 2. The van der Waals surface area contributed by atoms with Gasteiger partial charge in [-0.2, -0.15) is 0 Å². The number of benzene rings is 1.